The first-order valence-corrected chi connectivity index (χ1v) is 6.34. The topological polar surface area (TPSA) is 58.4 Å². The van der Waals surface area contributed by atoms with E-state index in [1.54, 1.807) is 0 Å². The summed E-state index contributed by atoms with van der Waals surface area (Å²) in [6, 6.07) is 7.91. The Hall–Kier alpha value is -1.39. The molecule has 2 rings (SSSR count). The lowest BCUT2D eigenvalue weighted by Gasteiger charge is -2.36. The van der Waals surface area contributed by atoms with Crippen molar-refractivity contribution in [1.29, 1.82) is 0 Å². The zero-order valence-electron chi connectivity index (χ0n) is 11.1. The summed E-state index contributed by atoms with van der Waals surface area (Å²) in [4.78, 5) is 14.0. The molecule has 3 N–H and O–H groups in total. The first-order chi connectivity index (χ1) is 8.49. The first kappa shape index (κ1) is 13.1. The number of carbonyl (C=O) groups is 1. The molecule has 18 heavy (non-hydrogen) atoms. The Bertz CT molecular complexity index is 421. The summed E-state index contributed by atoms with van der Waals surface area (Å²) < 4.78 is 0. The molecule has 4 nitrogen and oxygen atoms in total. The summed E-state index contributed by atoms with van der Waals surface area (Å²) in [5, 5.41) is 2.89. The molecule has 98 valence electrons. The molecule has 0 aliphatic heterocycles. The van der Waals surface area contributed by atoms with Crippen molar-refractivity contribution in [2.45, 2.75) is 31.3 Å². The summed E-state index contributed by atoms with van der Waals surface area (Å²) in [5.41, 5.74) is 7.38. The van der Waals surface area contributed by atoms with Gasteiger partial charge in [0.05, 0.1) is 5.54 Å². The van der Waals surface area contributed by atoms with Crippen LogP contribution in [0, 0.1) is 0 Å². The number of carbonyl (C=O) groups excluding carboxylic acids is 1. The zero-order valence-corrected chi connectivity index (χ0v) is 11.1. The van der Waals surface area contributed by atoms with E-state index in [2.05, 4.69) is 10.2 Å². The van der Waals surface area contributed by atoms with Crippen LogP contribution in [-0.4, -0.2) is 30.4 Å². The fourth-order valence-electron chi connectivity index (χ4n) is 2.10. The summed E-state index contributed by atoms with van der Waals surface area (Å²) in [6.07, 6.45) is 2.63. The molecule has 1 saturated carbocycles. The molecule has 1 aromatic carbocycles. The maximum Gasteiger partial charge on any atom is 0.244 e. The number of amides is 1. The van der Waals surface area contributed by atoms with Crippen LogP contribution in [-0.2, 0) is 11.3 Å². The highest BCUT2D eigenvalue weighted by atomic mass is 16.2. The van der Waals surface area contributed by atoms with Crippen molar-refractivity contribution in [2.75, 3.05) is 19.4 Å². The molecule has 1 aromatic rings. The second-order valence-corrected chi connectivity index (χ2v) is 5.40. The fourth-order valence-corrected chi connectivity index (χ4v) is 2.10. The SMILES string of the molecule is CN(C)Cc1ccc(NC(=O)C2(N)CCC2)cc1. The van der Waals surface area contributed by atoms with Gasteiger partial charge in [0.2, 0.25) is 5.91 Å². The molecule has 0 saturated heterocycles. The molecule has 1 aliphatic carbocycles. The van der Waals surface area contributed by atoms with Gasteiger partial charge >= 0.3 is 0 Å². The maximum atomic E-state index is 11.9. The van der Waals surface area contributed by atoms with E-state index in [4.69, 9.17) is 5.73 Å². The smallest absolute Gasteiger partial charge is 0.244 e. The molecule has 0 heterocycles. The van der Waals surface area contributed by atoms with Crippen LogP contribution in [0.15, 0.2) is 24.3 Å². The minimum absolute atomic E-state index is 0.0610. The summed E-state index contributed by atoms with van der Waals surface area (Å²) in [7, 11) is 4.06. The van der Waals surface area contributed by atoms with Crippen molar-refractivity contribution in [2.24, 2.45) is 5.73 Å². The molecule has 1 amide bonds. The van der Waals surface area contributed by atoms with Crippen molar-refractivity contribution in [3.63, 3.8) is 0 Å². The van der Waals surface area contributed by atoms with Crippen LogP contribution in [0.4, 0.5) is 5.69 Å². The number of nitrogens with two attached hydrogens (primary N) is 1. The molecule has 0 aromatic heterocycles. The maximum absolute atomic E-state index is 11.9. The fraction of sp³-hybridized carbons (Fsp3) is 0.500. The van der Waals surface area contributed by atoms with E-state index >= 15 is 0 Å². The first-order valence-electron chi connectivity index (χ1n) is 6.34. The third-order valence-corrected chi connectivity index (χ3v) is 3.41. The molecule has 0 unspecified atom stereocenters. The minimum Gasteiger partial charge on any atom is -0.324 e. The highest BCUT2D eigenvalue weighted by molar-refractivity contribution is 5.98. The quantitative estimate of drug-likeness (QED) is 0.849. The molecular formula is C14H21N3O. The van der Waals surface area contributed by atoms with Crippen LogP contribution in [0.3, 0.4) is 0 Å². The molecule has 0 bridgehead atoms. The monoisotopic (exact) mass is 247 g/mol. The third-order valence-electron chi connectivity index (χ3n) is 3.41. The predicted molar refractivity (Wildman–Crippen MR) is 73.2 cm³/mol. The summed E-state index contributed by atoms with van der Waals surface area (Å²) >= 11 is 0. The number of benzene rings is 1. The van der Waals surface area contributed by atoms with Gasteiger partial charge in [0, 0.05) is 12.2 Å². The van der Waals surface area contributed by atoms with Crippen LogP contribution >= 0.6 is 0 Å². The van der Waals surface area contributed by atoms with Gasteiger partial charge < -0.3 is 16.0 Å². The number of rotatable bonds is 4. The van der Waals surface area contributed by atoms with E-state index in [-0.39, 0.29) is 5.91 Å². The van der Waals surface area contributed by atoms with E-state index < -0.39 is 5.54 Å². The van der Waals surface area contributed by atoms with Gasteiger partial charge in [-0.15, -0.1) is 0 Å². The van der Waals surface area contributed by atoms with Crippen molar-refractivity contribution in [3.05, 3.63) is 29.8 Å². The Morgan fingerprint density at radius 2 is 1.94 bits per heavy atom. The van der Waals surface area contributed by atoms with Crippen molar-refractivity contribution >= 4 is 11.6 Å². The molecule has 4 heteroatoms. The normalized spacial score (nSPS) is 17.3. The van der Waals surface area contributed by atoms with Gasteiger partial charge in [-0.25, -0.2) is 0 Å². The largest absolute Gasteiger partial charge is 0.324 e. The number of nitrogens with one attached hydrogen (secondary N) is 1. The minimum atomic E-state index is -0.637. The molecule has 0 atom stereocenters. The Morgan fingerprint density at radius 1 is 1.33 bits per heavy atom. The molecule has 0 radical (unpaired) electrons. The second-order valence-electron chi connectivity index (χ2n) is 5.40. The Labute approximate surface area is 108 Å². The molecule has 0 spiro atoms. The Kier molecular flexibility index (Phi) is 3.68. The number of anilines is 1. The molecule has 1 fully saturated rings. The summed E-state index contributed by atoms with van der Waals surface area (Å²) in [6.45, 7) is 0.898. The van der Waals surface area contributed by atoms with Crippen molar-refractivity contribution < 1.29 is 4.79 Å². The molecular weight excluding hydrogens is 226 g/mol. The highest BCUT2D eigenvalue weighted by Crippen LogP contribution is 2.30. The Balaban J connectivity index is 1.95. The lowest BCUT2D eigenvalue weighted by Crippen LogP contribution is -2.56. The number of hydrogen-bond donors (Lipinski definition) is 2. The van der Waals surface area contributed by atoms with E-state index in [0.717, 1.165) is 31.5 Å². The van der Waals surface area contributed by atoms with E-state index in [0.29, 0.717) is 0 Å². The van der Waals surface area contributed by atoms with E-state index in [1.165, 1.54) is 5.56 Å². The van der Waals surface area contributed by atoms with Crippen LogP contribution in [0.1, 0.15) is 24.8 Å². The van der Waals surface area contributed by atoms with Crippen LogP contribution < -0.4 is 11.1 Å². The lowest BCUT2D eigenvalue weighted by molar-refractivity contribution is -0.123. The average Bonchev–Trinajstić information content (AvgIpc) is 2.28. The van der Waals surface area contributed by atoms with Crippen molar-refractivity contribution in [1.82, 2.24) is 4.90 Å². The lowest BCUT2D eigenvalue weighted by atomic mass is 9.77. The number of hydrogen-bond acceptors (Lipinski definition) is 3. The second kappa shape index (κ2) is 5.08. The van der Waals surface area contributed by atoms with E-state index in [1.807, 2.05) is 38.4 Å². The standard InChI is InChI=1S/C14H21N3O/c1-17(2)10-11-4-6-12(7-5-11)16-13(18)14(15)8-3-9-14/h4-7H,3,8-10,15H2,1-2H3,(H,16,18). The van der Waals surface area contributed by atoms with Gasteiger partial charge in [0.15, 0.2) is 0 Å². The summed E-state index contributed by atoms with van der Waals surface area (Å²) in [5.74, 6) is -0.0610. The predicted octanol–water partition coefficient (Wildman–Crippen LogP) is 1.57. The molecule has 1 aliphatic rings. The van der Waals surface area contributed by atoms with Gasteiger partial charge in [0.1, 0.15) is 0 Å². The zero-order chi connectivity index (χ0) is 13.2. The van der Waals surface area contributed by atoms with E-state index in [9.17, 15) is 4.79 Å². The van der Waals surface area contributed by atoms with Gasteiger partial charge in [-0.05, 0) is 51.1 Å². The van der Waals surface area contributed by atoms with Gasteiger partial charge in [0.25, 0.3) is 0 Å². The van der Waals surface area contributed by atoms with Crippen LogP contribution in [0.25, 0.3) is 0 Å². The van der Waals surface area contributed by atoms with Gasteiger partial charge in [-0.1, -0.05) is 12.1 Å². The number of nitrogens with zero attached hydrogens (tertiary/aromatic N) is 1. The third kappa shape index (κ3) is 2.89. The van der Waals surface area contributed by atoms with Crippen LogP contribution in [0.2, 0.25) is 0 Å². The van der Waals surface area contributed by atoms with Crippen LogP contribution in [0.5, 0.6) is 0 Å². The van der Waals surface area contributed by atoms with Gasteiger partial charge in [-0.2, -0.15) is 0 Å². The van der Waals surface area contributed by atoms with Gasteiger partial charge in [-0.3, -0.25) is 4.79 Å². The highest BCUT2D eigenvalue weighted by Gasteiger charge is 2.40. The van der Waals surface area contributed by atoms with Crippen molar-refractivity contribution in [3.8, 4) is 0 Å². The average molecular weight is 247 g/mol. The Morgan fingerprint density at radius 3 is 2.39 bits per heavy atom.